The maximum Gasteiger partial charge on any atom is 0.303 e. The zero-order valence-corrected chi connectivity index (χ0v) is 9.72. The summed E-state index contributed by atoms with van der Waals surface area (Å²) < 4.78 is 4.77. The molecule has 1 aromatic rings. The zero-order valence-electron chi connectivity index (χ0n) is 9.72. The Balaban J connectivity index is 2.39. The molecule has 0 amide bonds. The zero-order chi connectivity index (χ0) is 12.0. The molecule has 0 fully saturated rings. The highest BCUT2D eigenvalue weighted by atomic mass is 16.5. The summed E-state index contributed by atoms with van der Waals surface area (Å²) >= 11 is 0. The van der Waals surface area contributed by atoms with Crippen molar-refractivity contribution in [3.8, 4) is 0 Å². The summed E-state index contributed by atoms with van der Waals surface area (Å²) in [5, 5.41) is 12.2. The van der Waals surface area contributed by atoms with E-state index in [0.29, 0.717) is 12.5 Å². The second-order valence-electron chi connectivity index (χ2n) is 4.09. The van der Waals surface area contributed by atoms with Crippen molar-refractivity contribution in [3.63, 3.8) is 0 Å². The van der Waals surface area contributed by atoms with Crippen molar-refractivity contribution >= 4 is 5.97 Å². The van der Waals surface area contributed by atoms with E-state index in [2.05, 4.69) is 23.9 Å². The van der Waals surface area contributed by atoms with Crippen LogP contribution in [0.2, 0.25) is 0 Å². The Morgan fingerprint density at radius 3 is 2.88 bits per heavy atom. The SMILES string of the molecule is CC(C)N(CCCC(=O)O)Cc1cnoc1. The number of nitrogens with zero attached hydrogens (tertiary/aromatic N) is 2. The minimum atomic E-state index is -0.742. The summed E-state index contributed by atoms with van der Waals surface area (Å²) in [4.78, 5) is 12.6. The van der Waals surface area contributed by atoms with Crippen LogP contribution in [0.4, 0.5) is 0 Å². The van der Waals surface area contributed by atoms with Gasteiger partial charge in [0.25, 0.3) is 0 Å². The van der Waals surface area contributed by atoms with E-state index in [1.165, 1.54) is 0 Å². The minimum Gasteiger partial charge on any atom is -0.481 e. The number of hydrogen-bond donors (Lipinski definition) is 1. The van der Waals surface area contributed by atoms with Crippen LogP contribution in [0.3, 0.4) is 0 Å². The predicted molar refractivity (Wildman–Crippen MR) is 58.9 cm³/mol. The second kappa shape index (κ2) is 6.27. The van der Waals surface area contributed by atoms with Crippen molar-refractivity contribution in [3.05, 3.63) is 18.0 Å². The van der Waals surface area contributed by atoms with E-state index in [0.717, 1.165) is 18.7 Å². The predicted octanol–water partition coefficient (Wildman–Crippen LogP) is 1.75. The van der Waals surface area contributed by atoms with Crippen molar-refractivity contribution in [2.24, 2.45) is 0 Å². The first kappa shape index (κ1) is 12.7. The highest BCUT2D eigenvalue weighted by molar-refractivity contribution is 5.66. The van der Waals surface area contributed by atoms with Crippen LogP contribution in [-0.4, -0.2) is 33.7 Å². The molecule has 0 atom stereocenters. The molecule has 0 aromatic carbocycles. The van der Waals surface area contributed by atoms with Gasteiger partial charge in [-0.1, -0.05) is 5.16 Å². The topological polar surface area (TPSA) is 66.6 Å². The fraction of sp³-hybridized carbons (Fsp3) is 0.636. The van der Waals surface area contributed by atoms with Gasteiger partial charge in [0.05, 0.1) is 6.20 Å². The minimum absolute atomic E-state index is 0.215. The van der Waals surface area contributed by atoms with Gasteiger partial charge in [-0.05, 0) is 26.8 Å². The number of hydrogen-bond acceptors (Lipinski definition) is 4. The van der Waals surface area contributed by atoms with Crippen LogP contribution in [0, 0.1) is 0 Å². The first-order chi connectivity index (χ1) is 7.59. The first-order valence-corrected chi connectivity index (χ1v) is 5.43. The van der Waals surface area contributed by atoms with E-state index >= 15 is 0 Å². The smallest absolute Gasteiger partial charge is 0.303 e. The molecule has 5 heteroatoms. The van der Waals surface area contributed by atoms with E-state index in [-0.39, 0.29) is 6.42 Å². The fourth-order valence-electron chi connectivity index (χ4n) is 1.49. The molecule has 1 rings (SSSR count). The molecule has 5 nitrogen and oxygen atoms in total. The van der Waals surface area contributed by atoms with Gasteiger partial charge in [-0.15, -0.1) is 0 Å². The summed E-state index contributed by atoms with van der Waals surface area (Å²) in [6.45, 7) is 5.71. The van der Waals surface area contributed by atoms with Gasteiger partial charge in [-0.2, -0.15) is 0 Å². The molecule has 1 aromatic heterocycles. The fourth-order valence-corrected chi connectivity index (χ4v) is 1.49. The molecule has 0 aliphatic carbocycles. The number of carbonyl (C=O) groups is 1. The Bertz CT molecular complexity index is 309. The number of carboxylic acid groups (broad SMARTS) is 1. The Morgan fingerprint density at radius 1 is 1.62 bits per heavy atom. The molecule has 0 spiro atoms. The van der Waals surface area contributed by atoms with Gasteiger partial charge in [0.15, 0.2) is 0 Å². The number of rotatable bonds is 7. The molecular weight excluding hydrogens is 208 g/mol. The van der Waals surface area contributed by atoms with E-state index in [9.17, 15) is 4.79 Å². The molecule has 0 unspecified atom stereocenters. The summed E-state index contributed by atoms with van der Waals surface area (Å²) in [5.74, 6) is -0.742. The average Bonchev–Trinajstić information content (AvgIpc) is 2.68. The molecule has 0 aliphatic rings. The van der Waals surface area contributed by atoms with Crippen molar-refractivity contribution in [1.82, 2.24) is 10.1 Å². The third-order valence-corrected chi connectivity index (χ3v) is 2.44. The number of carboxylic acids is 1. The van der Waals surface area contributed by atoms with E-state index in [1.807, 2.05) is 0 Å². The molecule has 0 saturated carbocycles. The Morgan fingerprint density at radius 2 is 2.38 bits per heavy atom. The third kappa shape index (κ3) is 4.44. The molecule has 90 valence electrons. The average molecular weight is 226 g/mol. The van der Waals surface area contributed by atoms with E-state index in [4.69, 9.17) is 9.63 Å². The van der Waals surface area contributed by atoms with Gasteiger partial charge in [0, 0.05) is 24.6 Å². The van der Waals surface area contributed by atoms with Crippen LogP contribution >= 0.6 is 0 Å². The lowest BCUT2D eigenvalue weighted by molar-refractivity contribution is -0.137. The molecular formula is C11H18N2O3. The van der Waals surface area contributed by atoms with Crippen LogP contribution < -0.4 is 0 Å². The van der Waals surface area contributed by atoms with Gasteiger partial charge in [-0.3, -0.25) is 9.69 Å². The van der Waals surface area contributed by atoms with E-state index in [1.54, 1.807) is 12.5 Å². The van der Waals surface area contributed by atoms with Crippen LogP contribution in [-0.2, 0) is 11.3 Å². The lowest BCUT2D eigenvalue weighted by atomic mass is 10.2. The molecule has 1 N–H and O–H groups in total. The molecule has 0 aliphatic heterocycles. The van der Waals surface area contributed by atoms with Crippen LogP contribution in [0.1, 0.15) is 32.3 Å². The maximum absolute atomic E-state index is 10.4. The molecule has 0 saturated heterocycles. The second-order valence-corrected chi connectivity index (χ2v) is 4.09. The summed E-state index contributed by atoms with van der Waals surface area (Å²) in [6.07, 6.45) is 4.19. The molecule has 0 bridgehead atoms. The summed E-state index contributed by atoms with van der Waals surface area (Å²) in [6, 6.07) is 0.378. The first-order valence-electron chi connectivity index (χ1n) is 5.43. The quantitative estimate of drug-likeness (QED) is 0.767. The van der Waals surface area contributed by atoms with Crippen molar-refractivity contribution in [2.75, 3.05) is 6.54 Å². The van der Waals surface area contributed by atoms with Gasteiger partial charge in [-0.25, -0.2) is 0 Å². The van der Waals surface area contributed by atoms with Crippen LogP contribution in [0.15, 0.2) is 17.0 Å². The van der Waals surface area contributed by atoms with Gasteiger partial charge in [0.2, 0.25) is 0 Å². The van der Waals surface area contributed by atoms with Crippen molar-refractivity contribution < 1.29 is 14.4 Å². The normalized spacial score (nSPS) is 11.2. The Labute approximate surface area is 95.0 Å². The van der Waals surface area contributed by atoms with Crippen LogP contribution in [0.5, 0.6) is 0 Å². The van der Waals surface area contributed by atoms with Crippen LogP contribution in [0.25, 0.3) is 0 Å². The molecule has 0 radical (unpaired) electrons. The number of aliphatic carboxylic acids is 1. The Hall–Kier alpha value is -1.36. The lowest BCUT2D eigenvalue weighted by Gasteiger charge is -2.25. The van der Waals surface area contributed by atoms with E-state index < -0.39 is 5.97 Å². The standard InChI is InChI=1S/C11H18N2O3/c1-9(2)13(5-3-4-11(14)15)7-10-6-12-16-8-10/h6,8-9H,3-5,7H2,1-2H3,(H,14,15). The third-order valence-electron chi connectivity index (χ3n) is 2.44. The highest BCUT2D eigenvalue weighted by Crippen LogP contribution is 2.08. The lowest BCUT2D eigenvalue weighted by Crippen LogP contribution is -2.31. The highest BCUT2D eigenvalue weighted by Gasteiger charge is 2.11. The van der Waals surface area contributed by atoms with Gasteiger partial charge in [0.1, 0.15) is 6.26 Å². The molecule has 1 heterocycles. The summed E-state index contributed by atoms with van der Waals surface area (Å²) in [5.41, 5.74) is 1.02. The maximum atomic E-state index is 10.4. The number of aromatic nitrogens is 1. The molecule has 16 heavy (non-hydrogen) atoms. The van der Waals surface area contributed by atoms with Gasteiger partial charge >= 0.3 is 5.97 Å². The van der Waals surface area contributed by atoms with Gasteiger partial charge < -0.3 is 9.63 Å². The Kier molecular flexibility index (Phi) is 4.98. The monoisotopic (exact) mass is 226 g/mol. The summed E-state index contributed by atoms with van der Waals surface area (Å²) in [7, 11) is 0. The van der Waals surface area contributed by atoms with Crippen molar-refractivity contribution in [2.45, 2.75) is 39.3 Å². The van der Waals surface area contributed by atoms with Crippen molar-refractivity contribution in [1.29, 1.82) is 0 Å². The largest absolute Gasteiger partial charge is 0.481 e.